The van der Waals surface area contributed by atoms with E-state index in [-0.39, 0.29) is 64.0 Å². The predicted octanol–water partition coefficient (Wildman–Crippen LogP) is 6.01. The fraction of sp³-hybridized carbons (Fsp3) is 0.444. The number of aromatic carboxylic acids is 1. The second-order valence-corrected chi connectivity index (χ2v) is 14.0. The van der Waals surface area contributed by atoms with Crippen LogP contribution in [-0.2, 0) is 16.0 Å². The lowest BCUT2D eigenvalue weighted by Crippen LogP contribution is -2.52. The lowest BCUT2D eigenvalue weighted by molar-refractivity contribution is 0.0516. The topological polar surface area (TPSA) is 95.0 Å². The van der Waals surface area contributed by atoms with E-state index in [2.05, 4.69) is 21.6 Å². The molecule has 49 heavy (non-hydrogen) atoms. The number of carboxylic acids is 1. The Kier molecular flexibility index (Phi) is 9.64. The third kappa shape index (κ3) is 6.43. The molecule has 0 aromatic heterocycles. The third-order valence-electron chi connectivity index (χ3n) is 10.1. The van der Waals surface area contributed by atoms with Crippen LogP contribution in [0.1, 0.15) is 46.0 Å². The van der Waals surface area contributed by atoms with Crippen LogP contribution in [0.4, 0.5) is 15.8 Å². The van der Waals surface area contributed by atoms with Crippen LogP contribution >= 0.6 is 23.2 Å². The number of piperazine rings is 1. The number of benzene rings is 3. The number of morpholine rings is 1. The first-order valence-electron chi connectivity index (χ1n) is 16.6. The molecule has 0 saturated carbocycles. The zero-order valence-corrected chi connectivity index (χ0v) is 29.0. The number of para-hydroxylation sites is 1. The number of halogens is 3. The summed E-state index contributed by atoms with van der Waals surface area (Å²) in [5.41, 5.74) is 2.84. The van der Waals surface area contributed by atoms with E-state index in [1.165, 1.54) is 4.90 Å². The van der Waals surface area contributed by atoms with Gasteiger partial charge in [0, 0.05) is 61.7 Å². The highest BCUT2D eigenvalue weighted by Crippen LogP contribution is 2.43. The van der Waals surface area contributed by atoms with Gasteiger partial charge in [-0.2, -0.15) is 0 Å². The van der Waals surface area contributed by atoms with E-state index >= 15 is 4.39 Å². The van der Waals surface area contributed by atoms with Gasteiger partial charge in [0.25, 0.3) is 5.91 Å². The van der Waals surface area contributed by atoms with Crippen molar-refractivity contribution in [2.75, 3.05) is 69.6 Å². The average molecular weight is 714 g/mol. The van der Waals surface area contributed by atoms with Crippen LogP contribution in [0.2, 0.25) is 10.0 Å². The number of nitrogens with zero attached hydrogens (tertiary/aromatic N) is 4. The van der Waals surface area contributed by atoms with E-state index in [4.69, 9.17) is 37.4 Å². The number of carboxylic acid groups (broad SMARTS) is 1. The fourth-order valence-corrected chi connectivity index (χ4v) is 8.36. The maximum atomic E-state index is 15.7. The summed E-state index contributed by atoms with van der Waals surface area (Å²) < 4.78 is 32.8. The maximum absolute atomic E-state index is 15.7. The Hall–Kier alpha value is -3.61. The van der Waals surface area contributed by atoms with Crippen LogP contribution in [-0.4, -0.2) is 105 Å². The Morgan fingerprint density at radius 3 is 2.45 bits per heavy atom. The molecule has 2 bridgehead atoms. The van der Waals surface area contributed by atoms with Crippen molar-refractivity contribution in [1.82, 2.24) is 9.80 Å². The quantitative estimate of drug-likeness (QED) is 0.301. The number of carbonyl (C=O) groups is 2. The van der Waals surface area contributed by atoms with E-state index < -0.39 is 11.8 Å². The number of fused-ring (bicyclic) bond motifs is 3. The first-order chi connectivity index (χ1) is 23.6. The minimum atomic E-state index is -1.19. The summed E-state index contributed by atoms with van der Waals surface area (Å²) in [6.45, 7) is 7.31. The summed E-state index contributed by atoms with van der Waals surface area (Å²) in [4.78, 5) is 34.3. The molecule has 2 unspecified atom stereocenters. The standard InChI is InChI=1S/C36H39Cl2FN4O6/c1-21-16-40(10-11-47-2)8-9-42(21)25-12-29(37)33(30(38)13-25)35(44)41-17-22-4-3-5-26(34(22)49-20-41)27-15-32(28(36(45)46)14-31(27)39)43-23-6-7-24(43)19-48-18-23/h3-5,12-15,21,23-24H,6-11,16-20H2,1-2H3,(H,45,46)/t21-,23?,24?/m0/s1. The zero-order valence-electron chi connectivity index (χ0n) is 27.5. The Balaban J connectivity index is 1.13. The molecule has 3 fully saturated rings. The summed E-state index contributed by atoms with van der Waals surface area (Å²) in [6.07, 6.45) is 1.76. The molecule has 4 aliphatic heterocycles. The second kappa shape index (κ2) is 14.0. The summed E-state index contributed by atoms with van der Waals surface area (Å²) in [5.74, 6) is -1.79. The lowest BCUT2D eigenvalue weighted by atomic mass is 9.96. The van der Waals surface area contributed by atoms with Gasteiger partial charge in [-0.1, -0.05) is 41.4 Å². The third-order valence-corrected chi connectivity index (χ3v) is 10.7. The number of hydrogen-bond acceptors (Lipinski definition) is 8. The van der Waals surface area contributed by atoms with Gasteiger partial charge in [-0.3, -0.25) is 9.69 Å². The van der Waals surface area contributed by atoms with Gasteiger partial charge in [0.1, 0.15) is 11.6 Å². The summed E-state index contributed by atoms with van der Waals surface area (Å²) in [5, 5.41) is 10.5. The predicted molar refractivity (Wildman–Crippen MR) is 186 cm³/mol. The number of methoxy groups -OCH3 is 1. The minimum Gasteiger partial charge on any atom is -0.478 e. The highest BCUT2D eigenvalue weighted by atomic mass is 35.5. The number of carbonyl (C=O) groups excluding carboxylic acids is 1. The molecule has 3 atom stereocenters. The molecule has 4 aliphatic rings. The minimum absolute atomic E-state index is 0.0306. The van der Waals surface area contributed by atoms with Gasteiger partial charge in [-0.05, 0) is 44.0 Å². The van der Waals surface area contributed by atoms with Crippen LogP contribution in [0.25, 0.3) is 11.1 Å². The first-order valence-corrected chi connectivity index (χ1v) is 17.3. The molecule has 7 rings (SSSR count). The van der Waals surface area contributed by atoms with Gasteiger partial charge < -0.3 is 34.0 Å². The van der Waals surface area contributed by atoms with E-state index in [1.54, 1.807) is 37.4 Å². The van der Waals surface area contributed by atoms with Crippen LogP contribution in [0.15, 0.2) is 42.5 Å². The maximum Gasteiger partial charge on any atom is 0.337 e. The van der Waals surface area contributed by atoms with Crippen LogP contribution in [0, 0.1) is 5.82 Å². The number of anilines is 2. The molecule has 0 spiro atoms. The van der Waals surface area contributed by atoms with Crippen molar-refractivity contribution in [1.29, 1.82) is 0 Å². The average Bonchev–Trinajstić information content (AvgIpc) is 3.32. The highest BCUT2D eigenvalue weighted by Gasteiger charge is 2.40. The van der Waals surface area contributed by atoms with Crippen molar-refractivity contribution in [2.45, 2.75) is 44.4 Å². The molecule has 3 saturated heterocycles. The highest BCUT2D eigenvalue weighted by molar-refractivity contribution is 6.40. The number of amides is 1. The molecule has 3 aromatic carbocycles. The Morgan fingerprint density at radius 2 is 1.78 bits per heavy atom. The summed E-state index contributed by atoms with van der Waals surface area (Å²) in [7, 11) is 1.70. The van der Waals surface area contributed by atoms with Crippen LogP contribution in [0.5, 0.6) is 5.75 Å². The van der Waals surface area contributed by atoms with Gasteiger partial charge >= 0.3 is 5.97 Å². The monoisotopic (exact) mass is 712 g/mol. The van der Waals surface area contributed by atoms with Crippen molar-refractivity contribution in [3.63, 3.8) is 0 Å². The molecule has 1 N–H and O–H groups in total. The van der Waals surface area contributed by atoms with Gasteiger partial charge in [-0.25, -0.2) is 9.18 Å². The van der Waals surface area contributed by atoms with E-state index in [0.717, 1.165) is 50.8 Å². The van der Waals surface area contributed by atoms with Crippen molar-refractivity contribution in [2.24, 2.45) is 0 Å². The fourth-order valence-electron chi connectivity index (χ4n) is 7.72. The molecular weight excluding hydrogens is 674 g/mol. The molecule has 4 heterocycles. The molecule has 0 radical (unpaired) electrons. The second-order valence-electron chi connectivity index (χ2n) is 13.2. The Morgan fingerprint density at radius 1 is 1.04 bits per heavy atom. The lowest BCUT2D eigenvalue weighted by Gasteiger charge is -2.41. The summed E-state index contributed by atoms with van der Waals surface area (Å²) in [6, 6.07) is 11.9. The van der Waals surface area contributed by atoms with Crippen LogP contribution < -0.4 is 14.5 Å². The van der Waals surface area contributed by atoms with Crippen molar-refractivity contribution in [3.05, 3.63) is 75.0 Å². The largest absolute Gasteiger partial charge is 0.478 e. The molecule has 1 amide bonds. The van der Waals surface area contributed by atoms with Gasteiger partial charge in [0.15, 0.2) is 6.73 Å². The van der Waals surface area contributed by atoms with E-state index in [1.807, 2.05) is 6.07 Å². The van der Waals surface area contributed by atoms with Crippen molar-refractivity contribution in [3.8, 4) is 16.9 Å². The molecule has 10 nitrogen and oxygen atoms in total. The Labute approximate surface area is 294 Å². The van der Waals surface area contributed by atoms with Crippen molar-refractivity contribution < 1.29 is 33.3 Å². The van der Waals surface area contributed by atoms with Crippen LogP contribution in [0.3, 0.4) is 0 Å². The molecule has 3 aromatic rings. The van der Waals surface area contributed by atoms with Crippen molar-refractivity contribution >= 4 is 46.5 Å². The SMILES string of the molecule is COCCN1CCN(c2cc(Cl)c(C(=O)N3COc4c(cccc4-c4cc(N5C6CCC5COC6)c(C(=O)O)cc4F)C3)c(Cl)c2)[C@@H](C)C1. The zero-order chi connectivity index (χ0) is 34.4. The molecule has 260 valence electrons. The number of rotatable bonds is 8. The summed E-state index contributed by atoms with van der Waals surface area (Å²) >= 11 is 13.5. The normalized spacial score (nSPS) is 22.2. The number of hydrogen-bond donors (Lipinski definition) is 1. The number of ether oxygens (including phenoxy) is 3. The Bertz CT molecular complexity index is 1740. The van der Waals surface area contributed by atoms with Gasteiger partial charge in [0.2, 0.25) is 0 Å². The molecular formula is C36H39Cl2FN4O6. The smallest absolute Gasteiger partial charge is 0.337 e. The molecule has 13 heteroatoms. The molecule has 0 aliphatic carbocycles. The van der Waals surface area contributed by atoms with Gasteiger partial charge in [-0.15, -0.1) is 0 Å². The van der Waals surface area contributed by atoms with E-state index in [0.29, 0.717) is 42.4 Å². The first kappa shape index (κ1) is 33.9. The van der Waals surface area contributed by atoms with E-state index in [9.17, 15) is 14.7 Å². The van der Waals surface area contributed by atoms with Gasteiger partial charge in [0.05, 0.1) is 65.3 Å².